The van der Waals surface area contributed by atoms with Crippen molar-refractivity contribution in [3.63, 3.8) is 0 Å². The van der Waals surface area contributed by atoms with E-state index in [2.05, 4.69) is 4.72 Å². The number of hydrogen-bond acceptors (Lipinski definition) is 4. The Labute approximate surface area is 150 Å². The van der Waals surface area contributed by atoms with Crippen molar-refractivity contribution in [3.8, 4) is 0 Å². The van der Waals surface area contributed by atoms with E-state index in [4.69, 9.17) is 5.73 Å². The molecule has 136 valence electrons. The Morgan fingerprint density at radius 1 is 1.33 bits per heavy atom. The standard InChI is InChI=1S/C16H25N3O3S.ClH/c1-13(17)15-9-5-6-12-19(15)16(20)10-11-18-23(21,22)14-7-3-2-4-8-14;/h2-4,7-8,13,15,18H,5-6,9-12,17H2,1H3;1H. The van der Waals surface area contributed by atoms with E-state index in [9.17, 15) is 13.2 Å². The molecule has 24 heavy (non-hydrogen) atoms. The lowest BCUT2D eigenvalue weighted by Gasteiger charge is -2.38. The fraction of sp³-hybridized carbons (Fsp3) is 0.562. The highest BCUT2D eigenvalue weighted by Gasteiger charge is 2.28. The number of sulfonamides is 1. The van der Waals surface area contributed by atoms with Gasteiger partial charge in [0.1, 0.15) is 0 Å². The Hall–Kier alpha value is -1.15. The summed E-state index contributed by atoms with van der Waals surface area (Å²) in [6, 6.07) is 8.14. The first-order valence-corrected chi connectivity index (χ1v) is 9.50. The molecule has 0 saturated carbocycles. The highest BCUT2D eigenvalue weighted by molar-refractivity contribution is 7.89. The van der Waals surface area contributed by atoms with E-state index in [0.717, 1.165) is 19.3 Å². The molecule has 0 aromatic heterocycles. The van der Waals surface area contributed by atoms with Gasteiger partial charge in [-0.15, -0.1) is 12.4 Å². The number of piperidine rings is 1. The van der Waals surface area contributed by atoms with Crippen molar-refractivity contribution >= 4 is 28.3 Å². The van der Waals surface area contributed by atoms with Gasteiger partial charge >= 0.3 is 0 Å². The fourth-order valence-corrected chi connectivity index (χ4v) is 3.99. The van der Waals surface area contributed by atoms with Crippen LogP contribution in [0.3, 0.4) is 0 Å². The first-order valence-electron chi connectivity index (χ1n) is 8.01. The van der Waals surface area contributed by atoms with Gasteiger partial charge in [-0.1, -0.05) is 18.2 Å². The predicted octanol–water partition coefficient (Wildman–Crippen LogP) is 1.51. The highest BCUT2D eigenvalue weighted by Crippen LogP contribution is 2.19. The number of amides is 1. The van der Waals surface area contributed by atoms with Gasteiger partial charge in [-0.25, -0.2) is 13.1 Å². The zero-order valence-electron chi connectivity index (χ0n) is 13.8. The molecule has 0 radical (unpaired) electrons. The third-order valence-electron chi connectivity index (χ3n) is 4.16. The van der Waals surface area contributed by atoms with Crippen molar-refractivity contribution in [1.82, 2.24) is 9.62 Å². The van der Waals surface area contributed by atoms with Gasteiger partial charge in [0.2, 0.25) is 15.9 Å². The lowest BCUT2D eigenvalue weighted by Crippen LogP contribution is -2.52. The van der Waals surface area contributed by atoms with Crippen molar-refractivity contribution < 1.29 is 13.2 Å². The zero-order chi connectivity index (χ0) is 16.9. The van der Waals surface area contributed by atoms with E-state index in [0.29, 0.717) is 6.54 Å². The number of carbonyl (C=O) groups excluding carboxylic acids is 1. The monoisotopic (exact) mass is 375 g/mol. The van der Waals surface area contributed by atoms with Gasteiger partial charge in [-0.2, -0.15) is 0 Å². The van der Waals surface area contributed by atoms with Gasteiger partial charge in [-0.05, 0) is 38.3 Å². The number of nitrogens with zero attached hydrogens (tertiary/aromatic N) is 1. The van der Waals surface area contributed by atoms with Crippen molar-refractivity contribution in [3.05, 3.63) is 30.3 Å². The second kappa shape index (κ2) is 9.36. The summed E-state index contributed by atoms with van der Waals surface area (Å²) in [4.78, 5) is 14.4. The number of hydrogen-bond donors (Lipinski definition) is 2. The molecule has 8 heteroatoms. The van der Waals surface area contributed by atoms with Crippen LogP contribution >= 0.6 is 12.4 Å². The molecule has 1 amide bonds. The summed E-state index contributed by atoms with van der Waals surface area (Å²) in [6.07, 6.45) is 3.12. The topological polar surface area (TPSA) is 92.5 Å². The molecule has 1 saturated heterocycles. The number of likely N-dealkylation sites (tertiary alicyclic amines) is 1. The minimum Gasteiger partial charge on any atom is -0.338 e. The molecule has 0 bridgehead atoms. The van der Waals surface area contributed by atoms with Crippen LogP contribution in [0.2, 0.25) is 0 Å². The van der Waals surface area contributed by atoms with E-state index in [1.165, 1.54) is 12.1 Å². The lowest BCUT2D eigenvalue weighted by atomic mass is 9.96. The van der Waals surface area contributed by atoms with Crippen molar-refractivity contribution in [2.24, 2.45) is 5.73 Å². The quantitative estimate of drug-likeness (QED) is 0.788. The third kappa shape index (κ3) is 5.44. The molecule has 0 aliphatic carbocycles. The lowest BCUT2D eigenvalue weighted by molar-refractivity contribution is -0.135. The van der Waals surface area contributed by atoms with E-state index < -0.39 is 10.0 Å². The Morgan fingerprint density at radius 3 is 2.62 bits per heavy atom. The Morgan fingerprint density at radius 2 is 2.00 bits per heavy atom. The summed E-state index contributed by atoms with van der Waals surface area (Å²) < 4.78 is 26.7. The van der Waals surface area contributed by atoms with Crippen LogP contribution in [0, 0.1) is 0 Å². The van der Waals surface area contributed by atoms with Crippen LogP contribution in [0.25, 0.3) is 0 Å². The molecule has 1 aliphatic rings. The minimum absolute atomic E-state index is 0. The SMILES string of the molecule is CC(N)C1CCCCN1C(=O)CCNS(=O)(=O)c1ccccc1.Cl. The van der Waals surface area contributed by atoms with Crippen LogP contribution in [0.4, 0.5) is 0 Å². The number of rotatable bonds is 6. The fourth-order valence-electron chi connectivity index (χ4n) is 2.93. The van der Waals surface area contributed by atoms with Crippen molar-refractivity contribution in [2.45, 2.75) is 49.6 Å². The van der Waals surface area contributed by atoms with Crippen LogP contribution < -0.4 is 10.5 Å². The highest BCUT2D eigenvalue weighted by atomic mass is 35.5. The molecule has 0 spiro atoms. The summed E-state index contributed by atoms with van der Waals surface area (Å²) in [5, 5.41) is 0. The number of nitrogens with two attached hydrogens (primary N) is 1. The molecule has 1 aromatic carbocycles. The van der Waals surface area contributed by atoms with Gasteiger partial charge in [0.15, 0.2) is 0 Å². The second-order valence-corrected chi connectivity index (χ2v) is 7.74. The van der Waals surface area contributed by atoms with E-state index in [-0.39, 0.29) is 48.3 Å². The maximum absolute atomic E-state index is 12.4. The summed E-state index contributed by atoms with van der Waals surface area (Å²) in [7, 11) is -3.56. The number of benzene rings is 1. The molecule has 1 heterocycles. The van der Waals surface area contributed by atoms with Crippen molar-refractivity contribution in [1.29, 1.82) is 0 Å². The normalized spacial score (nSPS) is 19.4. The van der Waals surface area contributed by atoms with Gasteiger partial charge in [0.05, 0.1) is 4.90 Å². The van der Waals surface area contributed by atoms with Crippen LogP contribution in [-0.4, -0.2) is 44.4 Å². The van der Waals surface area contributed by atoms with Crippen LogP contribution in [0.5, 0.6) is 0 Å². The summed E-state index contributed by atoms with van der Waals surface area (Å²) in [6.45, 7) is 2.71. The molecule has 2 unspecified atom stereocenters. The zero-order valence-corrected chi connectivity index (χ0v) is 15.5. The summed E-state index contributed by atoms with van der Waals surface area (Å²) in [5.41, 5.74) is 5.96. The predicted molar refractivity (Wildman–Crippen MR) is 96.5 cm³/mol. The van der Waals surface area contributed by atoms with Crippen LogP contribution in [0.1, 0.15) is 32.6 Å². The van der Waals surface area contributed by atoms with E-state index in [1.54, 1.807) is 18.2 Å². The minimum atomic E-state index is -3.56. The van der Waals surface area contributed by atoms with Crippen LogP contribution in [0.15, 0.2) is 35.2 Å². The maximum atomic E-state index is 12.4. The van der Waals surface area contributed by atoms with Crippen molar-refractivity contribution in [2.75, 3.05) is 13.1 Å². The smallest absolute Gasteiger partial charge is 0.240 e. The summed E-state index contributed by atoms with van der Waals surface area (Å²) >= 11 is 0. The number of halogens is 1. The van der Waals surface area contributed by atoms with Crippen LogP contribution in [-0.2, 0) is 14.8 Å². The molecular formula is C16H26ClN3O3S. The Bertz CT molecular complexity index is 623. The number of nitrogens with one attached hydrogen (secondary N) is 1. The molecule has 1 aromatic rings. The molecule has 1 aliphatic heterocycles. The summed E-state index contributed by atoms with van der Waals surface area (Å²) in [5.74, 6) is -0.0391. The first-order chi connectivity index (χ1) is 10.9. The van der Waals surface area contributed by atoms with Gasteiger partial charge in [0, 0.05) is 31.6 Å². The second-order valence-electron chi connectivity index (χ2n) is 5.97. The molecule has 1 fully saturated rings. The van der Waals surface area contributed by atoms with Gasteiger partial charge in [-0.3, -0.25) is 4.79 Å². The average Bonchev–Trinajstić information content (AvgIpc) is 2.55. The van der Waals surface area contributed by atoms with Gasteiger partial charge < -0.3 is 10.6 Å². The van der Waals surface area contributed by atoms with E-state index in [1.807, 2.05) is 11.8 Å². The maximum Gasteiger partial charge on any atom is 0.240 e. The molecule has 2 rings (SSSR count). The molecular weight excluding hydrogens is 350 g/mol. The molecule has 6 nitrogen and oxygen atoms in total. The largest absolute Gasteiger partial charge is 0.338 e. The third-order valence-corrected chi connectivity index (χ3v) is 5.64. The Kier molecular flexibility index (Phi) is 8.15. The first kappa shape index (κ1) is 20.9. The molecule has 3 N–H and O–H groups in total. The van der Waals surface area contributed by atoms with Gasteiger partial charge in [0.25, 0.3) is 0 Å². The Balaban J connectivity index is 0.00000288. The van der Waals surface area contributed by atoms with E-state index >= 15 is 0 Å². The average molecular weight is 376 g/mol. The molecule has 2 atom stereocenters. The number of carbonyl (C=O) groups is 1.